The number of benzene rings is 2. The zero-order chi connectivity index (χ0) is 18.5. The van der Waals surface area contributed by atoms with Crippen LogP contribution in [0.15, 0.2) is 48.5 Å². The Morgan fingerprint density at radius 3 is 2.65 bits per heavy atom. The second kappa shape index (κ2) is 8.28. The van der Waals surface area contributed by atoms with E-state index in [9.17, 15) is 0 Å². The van der Waals surface area contributed by atoms with Crippen LogP contribution in [-0.2, 0) is 0 Å². The number of hydrogen-bond acceptors (Lipinski definition) is 4. The summed E-state index contributed by atoms with van der Waals surface area (Å²) >= 11 is 6.33. The van der Waals surface area contributed by atoms with Crippen molar-refractivity contribution >= 4 is 28.2 Å². The van der Waals surface area contributed by atoms with Gasteiger partial charge in [-0.1, -0.05) is 25.4 Å². The Labute approximate surface area is 159 Å². The average Bonchev–Trinajstić information content (AvgIpc) is 2.62. The summed E-state index contributed by atoms with van der Waals surface area (Å²) in [5, 5.41) is 4.85. The van der Waals surface area contributed by atoms with E-state index < -0.39 is 0 Å². The zero-order valence-electron chi connectivity index (χ0n) is 15.3. The number of hydrogen-bond donors (Lipinski definition) is 1. The third-order valence-electron chi connectivity index (χ3n) is 3.75. The largest absolute Gasteiger partial charge is 0.493 e. The van der Waals surface area contributed by atoms with Gasteiger partial charge in [0.05, 0.1) is 17.1 Å². The van der Waals surface area contributed by atoms with Crippen molar-refractivity contribution in [3.05, 3.63) is 53.6 Å². The Balaban J connectivity index is 1.76. The number of rotatable bonds is 7. The SMILES string of the molecule is CCNc1ccc2nc(Oc3ccc(OCC(C)C)cc3Cl)ccc2c1. The number of fused-ring (bicyclic) bond motifs is 1. The van der Waals surface area contributed by atoms with Crippen LogP contribution < -0.4 is 14.8 Å². The minimum atomic E-state index is 0.458. The van der Waals surface area contributed by atoms with Crippen LogP contribution in [-0.4, -0.2) is 18.1 Å². The van der Waals surface area contributed by atoms with Crippen molar-refractivity contribution in [2.45, 2.75) is 20.8 Å². The van der Waals surface area contributed by atoms with Gasteiger partial charge in [0.25, 0.3) is 0 Å². The summed E-state index contributed by atoms with van der Waals surface area (Å²) in [7, 11) is 0. The predicted molar refractivity (Wildman–Crippen MR) is 108 cm³/mol. The minimum Gasteiger partial charge on any atom is -0.493 e. The first-order valence-corrected chi connectivity index (χ1v) is 9.18. The second-order valence-electron chi connectivity index (χ2n) is 6.49. The first-order valence-electron chi connectivity index (χ1n) is 8.80. The van der Waals surface area contributed by atoms with Gasteiger partial charge in [-0.3, -0.25) is 0 Å². The van der Waals surface area contributed by atoms with E-state index in [1.54, 1.807) is 12.1 Å². The van der Waals surface area contributed by atoms with E-state index in [2.05, 4.69) is 37.1 Å². The van der Waals surface area contributed by atoms with Gasteiger partial charge in [-0.05, 0) is 49.2 Å². The number of pyridine rings is 1. The van der Waals surface area contributed by atoms with E-state index in [0.717, 1.165) is 28.9 Å². The number of nitrogens with one attached hydrogen (secondary N) is 1. The fourth-order valence-corrected chi connectivity index (χ4v) is 2.72. The molecule has 0 amide bonds. The van der Waals surface area contributed by atoms with E-state index in [0.29, 0.717) is 29.2 Å². The van der Waals surface area contributed by atoms with Crippen molar-refractivity contribution in [3.63, 3.8) is 0 Å². The lowest BCUT2D eigenvalue weighted by Crippen LogP contribution is -2.04. The molecule has 1 heterocycles. The lowest BCUT2D eigenvalue weighted by molar-refractivity contribution is 0.271. The highest BCUT2D eigenvalue weighted by Crippen LogP contribution is 2.32. The van der Waals surface area contributed by atoms with E-state index in [4.69, 9.17) is 21.1 Å². The first kappa shape index (κ1) is 18.3. The number of halogens is 1. The highest BCUT2D eigenvalue weighted by atomic mass is 35.5. The maximum atomic E-state index is 6.33. The maximum Gasteiger partial charge on any atom is 0.219 e. The molecule has 0 aliphatic rings. The zero-order valence-corrected chi connectivity index (χ0v) is 16.0. The van der Waals surface area contributed by atoms with Crippen LogP contribution in [0.5, 0.6) is 17.4 Å². The highest BCUT2D eigenvalue weighted by Gasteiger charge is 2.08. The van der Waals surface area contributed by atoms with Crippen molar-refractivity contribution in [3.8, 4) is 17.4 Å². The average molecular weight is 371 g/mol. The molecule has 0 aliphatic carbocycles. The molecule has 0 saturated heterocycles. The molecule has 0 bridgehead atoms. The topological polar surface area (TPSA) is 43.4 Å². The van der Waals surface area contributed by atoms with Gasteiger partial charge in [-0.2, -0.15) is 0 Å². The molecule has 0 aliphatic heterocycles. The van der Waals surface area contributed by atoms with Gasteiger partial charge in [0.1, 0.15) is 11.5 Å². The van der Waals surface area contributed by atoms with Gasteiger partial charge in [-0.15, -0.1) is 0 Å². The van der Waals surface area contributed by atoms with Crippen LogP contribution in [0.4, 0.5) is 5.69 Å². The van der Waals surface area contributed by atoms with Crippen molar-refractivity contribution < 1.29 is 9.47 Å². The Bertz CT molecular complexity index is 896. The van der Waals surface area contributed by atoms with Gasteiger partial charge < -0.3 is 14.8 Å². The molecule has 1 N–H and O–H groups in total. The van der Waals surface area contributed by atoms with E-state index in [-0.39, 0.29) is 0 Å². The van der Waals surface area contributed by atoms with Crippen LogP contribution in [0.3, 0.4) is 0 Å². The van der Waals surface area contributed by atoms with E-state index in [1.165, 1.54) is 0 Å². The molecule has 0 fully saturated rings. The maximum absolute atomic E-state index is 6.33. The quantitative estimate of drug-likeness (QED) is 0.541. The molecular weight excluding hydrogens is 348 g/mol. The third-order valence-corrected chi connectivity index (χ3v) is 4.04. The molecule has 3 rings (SSSR count). The molecule has 136 valence electrons. The van der Waals surface area contributed by atoms with Crippen molar-refractivity contribution in [2.24, 2.45) is 5.92 Å². The molecule has 0 spiro atoms. The molecule has 3 aromatic rings. The molecule has 0 atom stereocenters. The number of anilines is 1. The fraction of sp³-hybridized carbons (Fsp3) is 0.286. The molecule has 0 unspecified atom stereocenters. The lowest BCUT2D eigenvalue weighted by Gasteiger charge is -2.12. The fourth-order valence-electron chi connectivity index (χ4n) is 2.51. The highest BCUT2D eigenvalue weighted by molar-refractivity contribution is 6.32. The number of nitrogens with zero attached hydrogens (tertiary/aromatic N) is 1. The molecule has 4 nitrogen and oxygen atoms in total. The van der Waals surface area contributed by atoms with Gasteiger partial charge in [0, 0.05) is 29.8 Å². The first-order chi connectivity index (χ1) is 12.5. The van der Waals surface area contributed by atoms with Crippen LogP contribution in [0.25, 0.3) is 10.9 Å². The number of aromatic nitrogens is 1. The van der Waals surface area contributed by atoms with E-state index >= 15 is 0 Å². The van der Waals surface area contributed by atoms with Crippen LogP contribution in [0.1, 0.15) is 20.8 Å². The summed E-state index contributed by atoms with van der Waals surface area (Å²) in [6, 6.07) is 15.3. The summed E-state index contributed by atoms with van der Waals surface area (Å²) in [5.41, 5.74) is 1.95. The second-order valence-corrected chi connectivity index (χ2v) is 6.89. The van der Waals surface area contributed by atoms with Gasteiger partial charge in [0.15, 0.2) is 0 Å². The monoisotopic (exact) mass is 370 g/mol. The summed E-state index contributed by atoms with van der Waals surface area (Å²) in [5.74, 6) is 2.25. The van der Waals surface area contributed by atoms with Crippen molar-refractivity contribution in [2.75, 3.05) is 18.5 Å². The number of ether oxygens (including phenoxy) is 2. The molecule has 0 saturated carbocycles. The van der Waals surface area contributed by atoms with Crippen LogP contribution in [0.2, 0.25) is 5.02 Å². The lowest BCUT2D eigenvalue weighted by atomic mass is 10.2. The van der Waals surface area contributed by atoms with Crippen LogP contribution in [0, 0.1) is 5.92 Å². The molecular formula is C21H23ClN2O2. The van der Waals surface area contributed by atoms with Crippen LogP contribution >= 0.6 is 11.6 Å². The molecule has 2 aromatic carbocycles. The Kier molecular flexibility index (Phi) is 5.84. The van der Waals surface area contributed by atoms with E-state index in [1.807, 2.05) is 30.3 Å². The van der Waals surface area contributed by atoms with Gasteiger partial charge in [-0.25, -0.2) is 4.98 Å². The minimum absolute atomic E-state index is 0.458. The van der Waals surface area contributed by atoms with Crippen molar-refractivity contribution in [1.82, 2.24) is 4.98 Å². The molecule has 5 heteroatoms. The Morgan fingerprint density at radius 2 is 1.92 bits per heavy atom. The summed E-state index contributed by atoms with van der Waals surface area (Å²) in [6.45, 7) is 7.81. The summed E-state index contributed by atoms with van der Waals surface area (Å²) in [4.78, 5) is 4.55. The smallest absolute Gasteiger partial charge is 0.219 e. The predicted octanol–water partition coefficient (Wildman–Crippen LogP) is 6.15. The third kappa shape index (κ3) is 4.58. The summed E-state index contributed by atoms with van der Waals surface area (Å²) < 4.78 is 11.5. The normalized spacial score (nSPS) is 11.0. The van der Waals surface area contributed by atoms with Gasteiger partial charge in [0.2, 0.25) is 5.88 Å². The molecule has 26 heavy (non-hydrogen) atoms. The van der Waals surface area contributed by atoms with Gasteiger partial charge >= 0.3 is 0 Å². The standard InChI is InChI=1S/C21H23ClN2O2/c1-4-23-16-6-8-19-15(11-16)5-10-21(24-19)26-20-9-7-17(12-18(20)22)25-13-14(2)3/h5-12,14,23H,4,13H2,1-3H3. The Hall–Kier alpha value is -2.46. The van der Waals surface area contributed by atoms with Crippen molar-refractivity contribution in [1.29, 1.82) is 0 Å². The molecule has 0 radical (unpaired) electrons. The molecule has 1 aromatic heterocycles. The Morgan fingerprint density at radius 1 is 1.08 bits per heavy atom. The summed E-state index contributed by atoms with van der Waals surface area (Å²) in [6.07, 6.45) is 0.